The van der Waals surface area contributed by atoms with Crippen molar-refractivity contribution in [3.8, 4) is 11.5 Å². The van der Waals surface area contributed by atoms with Crippen molar-refractivity contribution >= 4 is 24.8 Å². The zero-order chi connectivity index (χ0) is 17.2. The van der Waals surface area contributed by atoms with E-state index in [1.54, 1.807) is 7.11 Å². The van der Waals surface area contributed by atoms with Gasteiger partial charge in [-0.1, -0.05) is 12.1 Å². The normalized spacial score (nSPS) is 14.1. The second-order valence-electron chi connectivity index (χ2n) is 5.84. The Bertz CT molecular complexity index is 524. The molecule has 26 heavy (non-hydrogen) atoms. The van der Waals surface area contributed by atoms with E-state index in [0.29, 0.717) is 6.61 Å². The predicted molar refractivity (Wildman–Crippen MR) is 112 cm³/mol. The Morgan fingerprint density at radius 1 is 1.27 bits per heavy atom. The minimum Gasteiger partial charge on any atom is -0.493 e. The first-order chi connectivity index (χ1) is 11.8. The molecule has 1 heterocycles. The lowest BCUT2D eigenvalue weighted by Crippen LogP contribution is -2.40. The van der Waals surface area contributed by atoms with Crippen molar-refractivity contribution in [2.45, 2.75) is 19.9 Å². The van der Waals surface area contributed by atoms with Crippen LogP contribution in [0.15, 0.2) is 24.8 Å². The van der Waals surface area contributed by atoms with Crippen molar-refractivity contribution in [3.05, 3.63) is 35.9 Å². The molecule has 2 rings (SSSR count). The first kappa shape index (κ1) is 25.0. The first-order valence-corrected chi connectivity index (χ1v) is 8.72. The molecule has 1 saturated heterocycles. The van der Waals surface area contributed by atoms with Crippen molar-refractivity contribution in [1.29, 1.82) is 0 Å². The number of rotatable bonds is 10. The monoisotopic (exact) mass is 406 g/mol. The van der Waals surface area contributed by atoms with E-state index < -0.39 is 0 Å². The molecular weight excluding hydrogens is 375 g/mol. The molecule has 7 heteroatoms. The molecule has 1 N–H and O–H groups in total. The minimum absolute atomic E-state index is 0. The highest BCUT2D eigenvalue weighted by Crippen LogP contribution is 2.33. The minimum atomic E-state index is 0. The topological polar surface area (TPSA) is 43.0 Å². The molecule has 0 aliphatic carbocycles. The third kappa shape index (κ3) is 7.72. The molecule has 0 atom stereocenters. The largest absolute Gasteiger partial charge is 0.493 e. The SMILES string of the molecule is C=CCc1cc(CNCCN2CCOCC2)cc(OC)c1OCC.Cl.Cl. The molecule has 150 valence electrons. The molecule has 1 aliphatic rings. The number of allylic oxidation sites excluding steroid dienone is 1. The van der Waals surface area contributed by atoms with E-state index in [0.717, 1.165) is 69.4 Å². The standard InChI is InChI=1S/C19H30N2O3.2ClH/c1-4-6-17-13-16(14-18(22-3)19(17)24-5-2)15-20-7-8-21-9-11-23-12-10-21;;/h4,13-14,20H,1,5-12,15H2,2-3H3;2*1H. The Kier molecular flexibility index (Phi) is 13.6. The Hall–Kier alpha value is -0.980. The average Bonchev–Trinajstić information content (AvgIpc) is 2.61. The molecule has 1 aromatic rings. The summed E-state index contributed by atoms with van der Waals surface area (Å²) in [6.45, 7) is 13.0. The highest BCUT2D eigenvalue weighted by molar-refractivity contribution is 5.85. The van der Waals surface area contributed by atoms with Crippen molar-refractivity contribution in [2.24, 2.45) is 0 Å². The molecule has 0 aromatic heterocycles. The summed E-state index contributed by atoms with van der Waals surface area (Å²) >= 11 is 0. The van der Waals surface area contributed by atoms with Gasteiger partial charge in [-0.15, -0.1) is 31.4 Å². The average molecular weight is 407 g/mol. The summed E-state index contributed by atoms with van der Waals surface area (Å²) in [4.78, 5) is 2.43. The number of halogens is 2. The number of methoxy groups -OCH3 is 1. The van der Waals surface area contributed by atoms with Crippen LogP contribution in [0.1, 0.15) is 18.1 Å². The van der Waals surface area contributed by atoms with Crippen LogP contribution < -0.4 is 14.8 Å². The fourth-order valence-corrected chi connectivity index (χ4v) is 2.89. The van der Waals surface area contributed by atoms with Crippen LogP contribution in [0.2, 0.25) is 0 Å². The van der Waals surface area contributed by atoms with Crippen LogP contribution in [-0.4, -0.2) is 58.0 Å². The highest BCUT2D eigenvalue weighted by Gasteiger charge is 2.13. The van der Waals surface area contributed by atoms with Gasteiger partial charge in [0.25, 0.3) is 0 Å². The van der Waals surface area contributed by atoms with Gasteiger partial charge in [0.1, 0.15) is 0 Å². The first-order valence-electron chi connectivity index (χ1n) is 8.72. The summed E-state index contributed by atoms with van der Waals surface area (Å²) in [5.74, 6) is 1.62. The van der Waals surface area contributed by atoms with Crippen molar-refractivity contribution in [3.63, 3.8) is 0 Å². The second kappa shape index (κ2) is 14.1. The third-order valence-corrected chi connectivity index (χ3v) is 4.10. The molecule has 0 bridgehead atoms. The maximum Gasteiger partial charge on any atom is 0.164 e. The van der Waals surface area contributed by atoms with Crippen molar-refractivity contribution in [1.82, 2.24) is 10.2 Å². The van der Waals surface area contributed by atoms with E-state index >= 15 is 0 Å². The number of nitrogens with one attached hydrogen (secondary N) is 1. The van der Waals surface area contributed by atoms with E-state index in [9.17, 15) is 0 Å². The van der Waals surface area contributed by atoms with Gasteiger partial charge in [0.2, 0.25) is 0 Å². The van der Waals surface area contributed by atoms with Gasteiger partial charge in [0, 0.05) is 38.3 Å². The number of hydrogen-bond acceptors (Lipinski definition) is 5. The zero-order valence-electron chi connectivity index (χ0n) is 15.8. The van der Waals surface area contributed by atoms with Crippen molar-refractivity contribution < 1.29 is 14.2 Å². The molecule has 1 aliphatic heterocycles. The molecule has 0 unspecified atom stereocenters. The van der Waals surface area contributed by atoms with Crippen LogP contribution in [0.3, 0.4) is 0 Å². The Balaban J connectivity index is 0.00000312. The lowest BCUT2D eigenvalue weighted by molar-refractivity contribution is 0.0384. The molecule has 0 radical (unpaired) electrons. The van der Waals surface area contributed by atoms with Crippen LogP contribution >= 0.6 is 24.8 Å². The quantitative estimate of drug-likeness (QED) is 0.477. The van der Waals surface area contributed by atoms with Gasteiger partial charge in [-0.05, 0) is 25.0 Å². The maximum atomic E-state index is 5.76. The van der Waals surface area contributed by atoms with Gasteiger partial charge in [-0.25, -0.2) is 0 Å². The highest BCUT2D eigenvalue weighted by atomic mass is 35.5. The number of nitrogens with zero attached hydrogens (tertiary/aromatic N) is 1. The van der Waals surface area contributed by atoms with E-state index in [1.807, 2.05) is 13.0 Å². The molecule has 0 saturated carbocycles. The number of benzene rings is 1. The van der Waals surface area contributed by atoms with Gasteiger partial charge >= 0.3 is 0 Å². The van der Waals surface area contributed by atoms with E-state index in [1.165, 1.54) is 5.56 Å². The number of ether oxygens (including phenoxy) is 3. The Labute approximate surface area is 169 Å². The van der Waals surface area contributed by atoms with Gasteiger partial charge < -0.3 is 19.5 Å². The van der Waals surface area contributed by atoms with Crippen LogP contribution in [0.4, 0.5) is 0 Å². The van der Waals surface area contributed by atoms with Crippen LogP contribution in [0, 0.1) is 0 Å². The molecule has 1 aromatic carbocycles. The van der Waals surface area contributed by atoms with E-state index in [4.69, 9.17) is 14.2 Å². The summed E-state index contributed by atoms with van der Waals surface area (Å²) in [5.41, 5.74) is 2.32. The number of hydrogen-bond donors (Lipinski definition) is 1. The fraction of sp³-hybridized carbons (Fsp3) is 0.579. The molecule has 0 amide bonds. The van der Waals surface area contributed by atoms with Gasteiger partial charge in [-0.2, -0.15) is 0 Å². The Morgan fingerprint density at radius 3 is 2.62 bits per heavy atom. The molecule has 0 spiro atoms. The van der Waals surface area contributed by atoms with Crippen LogP contribution in [0.25, 0.3) is 0 Å². The fourth-order valence-electron chi connectivity index (χ4n) is 2.89. The molecule has 5 nitrogen and oxygen atoms in total. The summed E-state index contributed by atoms with van der Waals surface area (Å²) in [6, 6.07) is 4.23. The Morgan fingerprint density at radius 2 is 2.00 bits per heavy atom. The van der Waals surface area contributed by atoms with Crippen LogP contribution in [-0.2, 0) is 17.7 Å². The lowest BCUT2D eigenvalue weighted by Gasteiger charge is -2.26. The maximum absolute atomic E-state index is 5.76. The van der Waals surface area contributed by atoms with Gasteiger partial charge in [0.15, 0.2) is 11.5 Å². The summed E-state index contributed by atoms with van der Waals surface area (Å²) in [7, 11) is 1.69. The van der Waals surface area contributed by atoms with E-state index in [2.05, 4.69) is 28.9 Å². The van der Waals surface area contributed by atoms with Crippen molar-refractivity contribution in [2.75, 3.05) is 53.1 Å². The van der Waals surface area contributed by atoms with Crippen LogP contribution in [0.5, 0.6) is 11.5 Å². The third-order valence-electron chi connectivity index (χ3n) is 4.10. The lowest BCUT2D eigenvalue weighted by atomic mass is 10.1. The van der Waals surface area contributed by atoms with Gasteiger partial charge in [-0.3, -0.25) is 4.90 Å². The zero-order valence-corrected chi connectivity index (χ0v) is 17.4. The summed E-state index contributed by atoms with van der Waals surface area (Å²) in [5, 5.41) is 3.52. The number of morpholine rings is 1. The summed E-state index contributed by atoms with van der Waals surface area (Å²) < 4.78 is 16.6. The molecule has 1 fully saturated rings. The predicted octanol–water partition coefficient (Wildman–Crippen LogP) is 3.09. The summed E-state index contributed by atoms with van der Waals surface area (Å²) in [6.07, 6.45) is 2.67. The van der Waals surface area contributed by atoms with E-state index in [-0.39, 0.29) is 24.8 Å². The second-order valence-corrected chi connectivity index (χ2v) is 5.84. The molecular formula is C19H32Cl2N2O3. The van der Waals surface area contributed by atoms with Gasteiger partial charge in [0.05, 0.1) is 26.9 Å². The smallest absolute Gasteiger partial charge is 0.164 e.